The predicted octanol–water partition coefficient (Wildman–Crippen LogP) is 3.80. The topological polar surface area (TPSA) is 56.2 Å². The van der Waals surface area contributed by atoms with Gasteiger partial charge in [0.2, 0.25) is 0 Å². The fourth-order valence-electron chi connectivity index (χ4n) is 1.65. The van der Waals surface area contributed by atoms with E-state index >= 15 is 0 Å². The number of H-pyrrole nitrogens is 1. The molecule has 0 spiro atoms. The molecule has 0 aliphatic carbocycles. The van der Waals surface area contributed by atoms with E-state index in [-0.39, 0.29) is 11.8 Å². The third kappa shape index (κ3) is 4.43. The Hall–Kier alpha value is -1.38. The van der Waals surface area contributed by atoms with E-state index in [1.54, 1.807) is 0 Å². The maximum absolute atomic E-state index is 9.34. The highest BCUT2D eigenvalue weighted by atomic mass is 16.3. The summed E-state index contributed by atoms with van der Waals surface area (Å²) in [5.41, 5.74) is 0.644. The first-order chi connectivity index (χ1) is 7.74. The highest BCUT2D eigenvalue weighted by Gasteiger charge is 2.01. The Kier molecular flexibility index (Phi) is 5.54. The van der Waals surface area contributed by atoms with Crippen molar-refractivity contribution in [1.82, 2.24) is 4.98 Å². The maximum atomic E-state index is 9.34. The molecule has 0 unspecified atom stereocenters. The molecule has 1 aromatic rings. The lowest BCUT2D eigenvalue weighted by Gasteiger charge is -1.95. The highest BCUT2D eigenvalue weighted by molar-refractivity contribution is 5.56. The average molecular weight is 223 g/mol. The van der Waals surface area contributed by atoms with E-state index in [2.05, 4.69) is 11.9 Å². The van der Waals surface area contributed by atoms with Crippen LogP contribution in [0, 0.1) is 0 Å². The smallest absolute Gasteiger partial charge is 0.198 e. The first kappa shape index (κ1) is 12.7. The lowest BCUT2D eigenvalue weighted by Crippen LogP contribution is -1.76. The molecule has 0 amide bonds. The first-order valence-corrected chi connectivity index (χ1v) is 6.01. The molecule has 0 aromatic carbocycles. The van der Waals surface area contributed by atoms with Gasteiger partial charge in [-0.2, -0.15) is 0 Å². The van der Waals surface area contributed by atoms with Gasteiger partial charge in [0.15, 0.2) is 11.8 Å². The van der Waals surface area contributed by atoms with Crippen molar-refractivity contribution in [1.29, 1.82) is 0 Å². The Balaban J connectivity index is 2.19. The van der Waals surface area contributed by atoms with Crippen LogP contribution in [-0.4, -0.2) is 15.2 Å². The molecule has 3 nitrogen and oxygen atoms in total. The molecule has 1 aromatic heterocycles. The van der Waals surface area contributed by atoms with Gasteiger partial charge in [0.1, 0.15) is 0 Å². The second kappa shape index (κ2) is 6.99. The summed E-state index contributed by atoms with van der Waals surface area (Å²) in [5, 5.41) is 18.4. The third-order valence-electron chi connectivity index (χ3n) is 2.58. The highest BCUT2D eigenvalue weighted by Crippen LogP contribution is 2.22. The van der Waals surface area contributed by atoms with Crippen molar-refractivity contribution in [3.63, 3.8) is 0 Å². The van der Waals surface area contributed by atoms with Gasteiger partial charge < -0.3 is 10.2 Å². The van der Waals surface area contributed by atoms with E-state index in [0.717, 1.165) is 6.42 Å². The number of allylic oxidation sites excluding steroid dienone is 1. The van der Waals surface area contributed by atoms with Crippen molar-refractivity contribution >= 4 is 6.08 Å². The molecule has 0 atom stereocenters. The molecule has 3 N–H and O–H groups in total. The van der Waals surface area contributed by atoms with E-state index in [0.29, 0.717) is 5.56 Å². The van der Waals surface area contributed by atoms with Gasteiger partial charge in [-0.25, -0.2) is 0 Å². The zero-order valence-corrected chi connectivity index (χ0v) is 9.87. The van der Waals surface area contributed by atoms with Crippen LogP contribution in [0.15, 0.2) is 12.1 Å². The number of unbranched alkanes of at least 4 members (excludes halogenated alkanes) is 5. The second-order valence-corrected chi connectivity index (χ2v) is 4.06. The van der Waals surface area contributed by atoms with Crippen molar-refractivity contribution < 1.29 is 10.2 Å². The summed E-state index contributed by atoms with van der Waals surface area (Å²) >= 11 is 0. The lowest BCUT2D eigenvalue weighted by atomic mass is 10.1. The summed E-state index contributed by atoms with van der Waals surface area (Å²) in [4.78, 5) is 2.44. The molecule has 3 heteroatoms. The van der Waals surface area contributed by atoms with Crippen molar-refractivity contribution in [3.05, 3.63) is 17.7 Å². The van der Waals surface area contributed by atoms with Crippen LogP contribution >= 0.6 is 0 Å². The second-order valence-electron chi connectivity index (χ2n) is 4.06. The molecule has 0 aliphatic rings. The summed E-state index contributed by atoms with van der Waals surface area (Å²) in [6, 6.07) is 1.52. The monoisotopic (exact) mass is 223 g/mol. The van der Waals surface area contributed by atoms with Gasteiger partial charge >= 0.3 is 0 Å². The number of rotatable bonds is 7. The summed E-state index contributed by atoms with van der Waals surface area (Å²) < 4.78 is 0. The molecule has 0 fully saturated rings. The van der Waals surface area contributed by atoms with Gasteiger partial charge in [-0.3, -0.25) is 4.98 Å². The van der Waals surface area contributed by atoms with Gasteiger partial charge in [-0.15, -0.1) is 0 Å². The number of hydrogen-bond donors (Lipinski definition) is 3. The largest absolute Gasteiger partial charge is 0.494 e. The molecular weight excluding hydrogens is 202 g/mol. The van der Waals surface area contributed by atoms with Gasteiger partial charge in [0, 0.05) is 11.6 Å². The normalized spacial score (nSPS) is 11.3. The van der Waals surface area contributed by atoms with Gasteiger partial charge in [0.25, 0.3) is 0 Å². The van der Waals surface area contributed by atoms with E-state index in [9.17, 15) is 5.11 Å². The maximum Gasteiger partial charge on any atom is 0.198 e. The van der Waals surface area contributed by atoms with E-state index in [4.69, 9.17) is 5.11 Å². The van der Waals surface area contributed by atoms with Crippen molar-refractivity contribution in [2.24, 2.45) is 0 Å². The number of aromatic amines is 1. The Morgan fingerprint density at radius 2 is 1.94 bits per heavy atom. The molecule has 0 saturated carbocycles. The van der Waals surface area contributed by atoms with Crippen molar-refractivity contribution in [2.75, 3.05) is 0 Å². The summed E-state index contributed by atoms with van der Waals surface area (Å²) in [6.45, 7) is 2.21. The van der Waals surface area contributed by atoms with E-state index < -0.39 is 0 Å². The number of aromatic nitrogens is 1. The van der Waals surface area contributed by atoms with Crippen LogP contribution in [0.4, 0.5) is 0 Å². The number of nitrogens with one attached hydrogen (secondary N) is 1. The van der Waals surface area contributed by atoms with Crippen LogP contribution in [0.5, 0.6) is 11.8 Å². The molecular formula is C13H21NO2. The van der Waals surface area contributed by atoms with Crippen molar-refractivity contribution in [2.45, 2.75) is 45.4 Å². The Morgan fingerprint density at radius 1 is 1.19 bits per heavy atom. The minimum Gasteiger partial charge on any atom is -0.494 e. The number of hydrogen-bond acceptors (Lipinski definition) is 2. The Bertz CT molecular complexity index is 329. The molecule has 90 valence electrons. The molecule has 1 rings (SSSR count). The molecule has 0 radical (unpaired) electrons. The molecule has 0 saturated heterocycles. The Labute approximate surface area is 96.8 Å². The fraction of sp³-hybridized carbons (Fsp3) is 0.538. The van der Waals surface area contributed by atoms with E-state index in [1.165, 1.54) is 38.2 Å². The molecule has 0 bridgehead atoms. The van der Waals surface area contributed by atoms with E-state index in [1.807, 2.05) is 12.2 Å². The summed E-state index contributed by atoms with van der Waals surface area (Å²) in [5.74, 6) is 0.0276. The zero-order chi connectivity index (χ0) is 11.8. The quantitative estimate of drug-likeness (QED) is 0.616. The zero-order valence-electron chi connectivity index (χ0n) is 9.87. The van der Waals surface area contributed by atoms with Crippen molar-refractivity contribution in [3.8, 4) is 11.8 Å². The van der Waals surface area contributed by atoms with Gasteiger partial charge in [-0.1, -0.05) is 44.8 Å². The minimum absolute atomic E-state index is 0.0000887. The van der Waals surface area contributed by atoms with Crippen LogP contribution < -0.4 is 0 Å². The van der Waals surface area contributed by atoms with Gasteiger partial charge in [-0.05, 0) is 12.8 Å². The Morgan fingerprint density at radius 3 is 2.56 bits per heavy atom. The first-order valence-electron chi connectivity index (χ1n) is 6.01. The SMILES string of the molecule is CCCCCCCC=Cc1cc(O)[nH]c1O. The fourth-order valence-corrected chi connectivity index (χ4v) is 1.65. The van der Waals surface area contributed by atoms with Crippen LogP contribution in [-0.2, 0) is 0 Å². The minimum atomic E-state index is 0.0000887. The van der Waals surface area contributed by atoms with Crippen LogP contribution in [0.1, 0.15) is 51.0 Å². The third-order valence-corrected chi connectivity index (χ3v) is 2.58. The summed E-state index contributed by atoms with van der Waals surface area (Å²) in [7, 11) is 0. The molecule has 0 aliphatic heterocycles. The molecule has 16 heavy (non-hydrogen) atoms. The van der Waals surface area contributed by atoms with Crippen LogP contribution in [0.25, 0.3) is 6.08 Å². The van der Waals surface area contributed by atoms with Crippen LogP contribution in [0.3, 0.4) is 0 Å². The standard InChI is InChI=1S/C13H21NO2/c1-2-3-4-5-6-7-8-9-11-10-12(15)14-13(11)16/h8-10,14-16H,2-7H2,1H3. The van der Waals surface area contributed by atoms with Crippen LogP contribution in [0.2, 0.25) is 0 Å². The predicted molar refractivity (Wildman–Crippen MR) is 66.5 cm³/mol. The van der Waals surface area contributed by atoms with Gasteiger partial charge in [0.05, 0.1) is 0 Å². The summed E-state index contributed by atoms with van der Waals surface area (Å²) in [6.07, 6.45) is 11.2. The number of aromatic hydroxyl groups is 2. The average Bonchev–Trinajstić information content (AvgIpc) is 2.56. The molecule has 1 heterocycles. The lowest BCUT2D eigenvalue weighted by molar-refractivity contribution is 0.425.